The molecule has 2 aromatic carbocycles. The molecule has 2 heterocycles. The zero-order valence-electron chi connectivity index (χ0n) is 17.5. The maximum Gasteiger partial charge on any atom is 0.262 e. The summed E-state index contributed by atoms with van der Waals surface area (Å²) in [7, 11) is 3.68. The van der Waals surface area contributed by atoms with Crippen molar-refractivity contribution in [3.8, 4) is 6.07 Å². The van der Waals surface area contributed by atoms with Gasteiger partial charge in [0.1, 0.15) is 17.5 Å². The molecule has 1 aromatic heterocycles. The lowest BCUT2D eigenvalue weighted by molar-refractivity contribution is -0.112. The van der Waals surface area contributed by atoms with Crippen molar-refractivity contribution in [2.24, 2.45) is 0 Å². The molecule has 8 heteroatoms. The van der Waals surface area contributed by atoms with E-state index in [1.165, 1.54) is 11.8 Å². The molecule has 0 saturated carbocycles. The Hall–Kier alpha value is -3.57. The van der Waals surface area contributed by atoms with Gasteiger partial charge < -0.3 is 9.80 Å². The van der Waals surface area contributed by atoms with Crippen molar-refractivity contribution in [3.63, 3.8) is 0 Å². The summed E-state index contributed by atoms with van der Waals surface area (Å²) in [4.78, 5) is 34.1. The van der Waals surface area contributed by atoms with Gasteiger partial charge in [-0.25, -0.2) is 4.98 Å². The van der Waals surface area contributed by atoms with Gasteiger partial charge in [0.25, 0.3) is 5.56 Å². The molecule has 1 aliphatic heterocycles. The van der Waals surface area contributed by atoms with Crippen LogP contribution in [0.3, 0.4) is 0 Å². The van der Waals surface area contributed by atoms with Gasteiger partial charge in [0, 0.05) is 20.6 Å². The second-order valence-electron chi connectivity index (χ2n) is 7.09. The van der Waals surface area contributed by atoms with E-state index in [4.69, 9.17) is 0 Å². The molecule has 156 valence electrons. The smallest absolute Gasteiger partial charge is 0.262 e. The number of hydrogen-bond acceptors (Lipinski definition) is 7. The number of anilines is 2. The van der Waals surface area contributed by atoms with E-state index < -0.39 is 0 Å². The lowest BCUT2D eigenvalue weighted by atomic mass is 10.2. The largest absolute Gasteiger partial charge is 0.328 e. The van der Waals surface area contributed by atoms with E-state index >= 15 is 0 Å². The van der Waals surface area contributed by atoms with Gasteiger partial charge in [0.2, 0.25) is 0 Å². The lowest BCUT2D eigenvalue weighted by Crippen LogP contribution is -2.27. The third-order valence-electron chi connectivity index (χ3n) is 5.33. The Morgan fingerprint density at radius 3 is 2.29 bits per heavy atom. The van der Waals surface area contributed by atoms with Crippen molar-refractivity contribution in [2.45, 2.75) is 18.6 Å². The first-order chi connectivity index (χ1) is 15.0. The fourth-order valence-corrected chi connectivity index (χ4v) is 4.73. The molecule has 0 spiro atoms. The van der Waals surface area contributed by atoms with Crippen LogP contribution in [0, 0.1) is 11.3 Å². The molecule has 7 nitrogen and oxygen atoms in total. The van der Waals surface area contributed by atoms with Crippen LogP contribution < -0.4 is 15.4 Å². The van der Waals surface area contributed by atoms with Crippen LogP contribution in [0.5, 0.6) is 0 Å². The Morgan fingerprint density at radius 2 is 1.68 bits per heavy atom. The van der Waals surface area contributed by atoms with Crippen LogP contribution >= 0.6 is 11.8 Å². The highest BCUT2D eigenvalue weighted by atomic mass is 32.2. The number of nitriles is 1. The van der Waals surface area contributed by atoms with Crippen molar-refractivity contribution in [2.75, 3.05) is 29.6 Å². The molecule has 0 radical (unpaired) electrons. The number of hydrogen-bond donors (Lipinski definition) is 0. The molecule has 0 fully saturated rings. The second-order valence-corrected chi connectivity index (χ2v) is 8.03. The zero-order chi connectivity index (χ0) is 22.1. The van der Waals surface area contributed by atoms with Crippen LogP contribution in [0.25, 0.3) is 10.9 Å². The van der Waals surface area contributed by atoms with Gasteiger partial charge in [-0.15, -0.1) is 0 Å². The van der Waals surface area contributed by atoms with E-state index in [1.54, 1.807) is 22.8 Å². The maximum atomic E-state index is 13.1. The summed E-state index contributed by atoms with van der Waals surface area (Å²) in [6.45, 7) is 2.31. The van der Waals surface area contributed by atoms with Gasteiger partial charge in [-0.05, 0) is 31.2 Å². The van der Waals surface area contributed by atoms with E-state index in [0.29, 0.717) is 28.4 Å². The third kappa shape index (κ3) is 3.47. The summed E-state index contributed by atoms with van der Waals surface area (Å²) >= 11 is 1.18. The van der Waals surface area contributed by atoms with Gasteiger partial charge in [0.15, 0.2) is 10.9 Å². The second kappa shape index (κ2) is 8.28. The summed E-state index contributed by atoms with van der Waals surface area (Å²) in [5.41, 5.74) is 2.41. The minimum atomic E-state index is -0.306. The number of rotatable bonds is 5. The fraction of sp³-hybridized carbons (Fsp3) is 0.217. The van der Waals surface area contributed by atoms with Crippen molar-refractivity contribution < 1.29 is 4.79 Å². The Morgan fingerprint density at radius 1 is 1.06 bits per heavy atom. The number of Topliss-reactive ketones (excluding diaryl/α,β-unsaturated/α-hetero) is 1. The number of fused-ring (bicyclic) bond motifs is 2. The highest BCUT2D eigenvalue weighted by molar-refractivity contribution is 7.99. The first kappa shape index (κ1) is 20.7. The number of nitrogens with zero attached hydrogens (tertiary/aromatic N) is 5. The molecule has 31 heavy (non-hydrogen) atoms. The van der Waals surface area contributed by atoms with Crippen molar-refractivity contribution in [3.05, 3.63) is 70.3 Å². The van der Waals surface area contributed by atoms with Gasteiger partial charge in [-0.1, -0.05) is 36.0 Å². The SMILES string of the molecule is CCn1c(SCC(=O)C(C#N)=C2N(C)c3ccccc3N2C)nc2ccccc2c1=O. The number of aromatic nitrogens is 2. The monoisotopic (exact) mass is 431 g/mol. The van der Waals surface area contributed by atoms with Crippen molar-refractivity contribution in [1.29, 1.82) is 5.26 Å². The van der Waals surface area contributed by atoms with E-state index in [9.17, 15) is 14.9 Å². The van der Waals surface area contributed by atoms with Gasteiger partial charge in [-0.3, -0.25) is 14.2 Å². The van der Waals surface area contributed by atoms with Gasteiger partial charge in [0.05, 0.1) is 28.0 Å². The standard InChI is InChI=1S/C23H21N5O2S/c1-4-28-22(30)15-9-5-6-10-17(15)25-23(28)31-14-20(29)16(13-24)21-26(2)18-11-7-8-12-19(18)27(21)3/h5-12H,4,14H2,1-3H3. The van der Waals surface area contributed by atoms with Crippen molar-refractivity contribution >= 4 is 39.8 Å². The molecule has 0 unspecified atom stereocenters. The summed E-state index contributed by atoms with van der Waals surface area (Å²) < 4.78 is 1.56. The maximum absolute atomic E-state index is 13.1. The Kier molecular flexibility index (Phi) is 5.53. The molecule has 0 N–H and O–H groups in total. The minimum absolute atomic E-state index is 0.00913. The summed E-state index contributed by atoms with van der Waals surface area (Å²) in [5, 5.41) is 10.8. The topological polar surface area (TPSA) is 82.2 Å². The predicted molar refractivity (Wildman–Crippen MR) is 123 cm³/mol. The highest BCUT2D eigenvalue weighted by Gasteiger charge is 2.31. The Balaban J connectivity index is 1.66. The first-order valence-electron chi connectivity index (χ1n) is 9.84. The zero-order valence-corrected chi connectivity index (χ0v) is 18.3. The number of benzene rings is 2. The highest BCUT2D eigenvalue weighted by Crippen LogP contribution is 2.40. The van der Waals surface area contributed by atoms with Crippen LogP contribution in [-0.4, -0.2) is 35.2 Å². The van der Waals surface area contributed by atoms with E-state index in [2.05, 4.69) is 11.1 Å². The number of allylic oxidation sites excluding steroid dienone is 1. The average Bonchev–Trinajstić information content (AvgIpc) is 3.04. The lowest BCUT2D eigenvalue weighted by Gasteiger charge is -2.20. The molecular formula is C23H21N5O2S. The average molecular weight is 432 g/mol. The normalized spacial score (nSPS) is 12.8. The molecule has 0 saturated heterocycles. The number of para-hydroxylation sites is 3. The van der Waals surface area contributed by atoms with E-state index in [1.807, 2.05) is 61.2 Å². The van der Waals surface area contributed by atoms with Crippen LogP contribution in [0.2, 0.25) is 0 Å². The quantitative estimate of drug-likeness (QED) is 0.265. The molecular weight excluding hydrogens is 410 g/mol. The summed E-state index contributed by atoms with van der Waals surface area (Å²) in [6, 6.07) is 17.0. The van der Waals surface area contributed by atoms with Crippen LogP contribution in [0.15, 0.2) is 69.9 Å². The summed E-state index contributed by atoms with van der Waals surface area (Å²) in [6.07, 6.45) is 0. The Bertz CT molecular complexity index is 1290. The Labute approximate surface area is 184 Å². The molecule has 0 amide bonds. The molecule has 1 aliphatic rings. The van der Waals surface area contributed by atoms with Crippen LogP contribution in [0.1, 0.15) is 6.92 Å². The van der Waals surface area contributed by atoms with Gasteiger partial charge >= 0.3 is 0 Å². The molecule has 0 bridgehead atoms. The first-order valence-corrected chi connectivity index (χ1v) is 10.8. The van der Waals surface area contributed by atoms with Crippen LogP contribution in [-0.2, 0) is 11.3 Å². The van der Waals surface area contributed by atoms with Crippen molar-refractivity contribution in [1.82, 2.24) is 9.55 Å². The summed E-state index contributed by atoms with van der Waals surface area (Å²) in [5.74, 6) is 0.252. The van der Waals surface area contributed by atoms with Crippen LogP contribution in [0.4, 0.5) is 11.4 Å². The number of carbonyl (C=O) groups is 1. The number of ketones is 1. The molecule has 4 rings (SSSR count). The third-order valence-corrected chi connectivity index (χ3v) is 6.31. The fourth-order valence-electron chi connectivity index (χ4n) is 3.80. The van der Waals surface area contributed by atoms with Gasteiger partial charge in [-0.2, -0.15) is 5.26 Å². The van der Waals surface area contributed by atoms with E-state index in [0.717, 1.165) is 11.4 Å². The molecule has 3 aromatic rings. The molecule has 0 atom stereocenters. The molecule has 0 aliphatic carbocycles. The predicted octanol–water partition coefficient (Wildman–Crippen LogP) is 3.40. The number of thioether (sulfide) groups is 1. The minimum Gasteiger partial charge on any atom is -0.328 e. The van der Waals surface area contributed by atoms with E-state index in [-0.39, 0.29) is 22.7 Å². The number of carbonyl (C=O) groups excluding carboxylic acids is 1.